The van der Waals surface area contributed by atoms with E-state index in [-0.39, 0.29) is 0 Å². The van der Waals surface area contributed by atoms with E-state index in [1.165, 1.54) is 0 Å². The minimum atomic E-state index is 0.434. The van der Waals surface area contributed by atoms with Crippen LogP contribution in [0.25, 0.3) is 0 Å². The van der Waals surface area contributed by atoms with Crippen molar-refractivity contribution in [3.63, 3.8) is 0 Å². The van der Waals surface area contributed by atoms with Crippen molar-refractivity contribution in [2.75, 3.05) is 0 Å². The van der Waals surface area contributed by atoms with Crippen molar-refractivity contribution < 1.29 is 9.94 Å². The smallest absolute Gasteiger partial charge is 0.128 e. The van der Waals surface area contributed by atoms with E-state index in [2.05, 4.69) is 10.3 Å². The molecule has 2 rings (SSSR count). The van der Waals surface area contributed by atoms with Crippen LogP contribution in [0.1, 0.15) is 18.1 Å². The average molecular weight is 245 g/mol. The van der Waals surface area contributed by atoms with Gasteiger partial charge in [0.25, 0.3) is 0 Å². The van der Waals surface area contributed by atoms with Crippen LogP contribution in [-0.4, -0.2) is 20.7 Å². The lowest BCUT2D eigenvalue weighted by Gasteiger charge is -2.09. The summed E-state index contributed by atoms with van der Waals surface area (Å²) in [4.78, 5) is 0. The van der Waals surface area contributed by atoms with E-state index in [1.807, 2.05) is 37.5 Å². The minimum Gasteiger partial charge on any atom is -0.488 e. The molecule has 0 aliphatic heterocycles. The fourth-order valence-electron chi connectivity index (χ4n) is 1.65. The van der Waals surface area contributed by atoms with Gasteiger partial charge < -0.3 is 9.94 Å². The summed E-state index contributed by atoms with van der Waals surface area (Å²) in [5.41, 5.74) is 2.30. The summed E-state index contributed by atoms with van der Waals surface area (Å²) < 4.78 is 7.44. The second-order valence-corrected chi connectivity index (χ2v) is 3.99. The van der Waals surface area contributed by atoms with E-state index in [4.69, 9.17) is 9.94 Å². The third kappa shape index (κ3) is 2.68. The van der Waals surface area contributed by atoms with E-state index in [9.17, 15) is 0 Å². The summed E-state index contributed by atoms with van der Waals surface area (Å²) in [6, 6.07) is 7.46. The fraction of sp³-hybridized carbons (Fsp3) is 0.231. The van der Waals surface area contributed by atoms with Crippen molar-refractivity contribution in [2.24, 2.45) is 12.2 Å². The van der Waals surface area contributed by atoms with Crippen molar-refractivity contribution in [1.29, 1.82) is 0 Å². The van der Waals surface area contributed by atoms with E-state index in [0.717, 1.165) is 11.1 Å². The molecule has 94 valence electrons. The Labute approximate surface area is 105 Å². The van der Waals surface area contributed by atoms with Gasteiger partial charge in [-0.1, -0.05) is 17.3 Å². The fourth-order valence-corrected chi connectivity index (χ4v) is 1.65. The monoisotopic (exact) mass is 245 g/mol. The number of aromatic nitrogens is 2. The quantitative estimate of drug-likeness (QED) is 0.510. The zero-order valence-corrected chi connectivity index (χ0v) is 10.4. The van der Waals surface area contributed by atoms with Gasteiger partial charge in [0.05, 0.1) is 11.9 Å². The van der Waals surface area contributed by atoms with Crippen molar-refractivity contribution in [3.05, 3.63) is 47.8 Å². The van der Waals surface area contributed by atoms with Gasteiger partial charge in [-0.15, -0.1) is 0 Å². The van der Waals surface area contributed by atoms with Crippen molar-refractivity contribution in [2.45, 2.75) is 13.5 Å². The zero-order chi connectivity index (χ0) is 13.0. The Bertz CT molecular complexity index is 561. The van der Waals surface area contributed by atoms with Crippen LogP contribution in [0.3, 0.4) is 0 Å². The lowest BCUT2D eigenvalue weighted by Crippen LogP contribution is -2.02. The number of hydrogen-bond donors (Lipinski definition) is 1. The number of rotatable bonds is 4. The summed E-state index contributed by atoms with van der Waals surface area (Å²) in [6.07, 6.45) is 3.66. The van der Waals surface area contributed by atoms with Gasteiger partial charge in [0.1, 0.15) is 12.4 Å². The molecule has 0 aliphatic rings. The number of ether oxygens (including phenoxy) is 1. The lowest BCUT2D eigenvalue weighted by atomic mass is 10.1. The molecule has 1 aromatic carbocycles. The zero-order valence-electron chi connectivity index (χ0n) is 10.4. The maximum absolute atomic E-state index is 8.82. The molecule has 0 fully saturated rings. The van der Waals surface area contributed by atoms with Crippen LogP contribution in [0, 0.1) is 0 Å². The van der Waals surface area contributed by atoms with Gasteiger partial charge in [0.15, 0.2) is 0 Å². The van der Waals surface area contributed by atoms with Gasteiger partial charge in [-0.05, 0) is 19.1 Å². The van der Waals surface area contributed by atoms with Gasteiger partial charge in [-0.3, -0.25) is 4.68 Å². The Hall–Kier alpha value is -2.30. The predicted molar refractivity (Wildman–Crippen MR) is 68.0 cm³/mol. The Kier molecular flexibility index (Phi) is 3.62. The van der Waals surface area contributed by atoms with Gasteiger partial charge in [-0.2, -0.15) is 5.10 Å². The molecule has 18 heavy (non-hydrogen) atoms. The maximum atomic E-state index is 8.82. The van der Waals surface area contributed by atoms with Crippen LogP contribution in [0.4, 0.5) is 0 Å². The van der Waals surface area contributed by atoms with Crippen LogP contribution in [-0.2, 0) is 13.7 Å². The number of nitrogens with zero attached hydrogens (tertiary/aromatic N) is 3. The predicted octanol–water partition coefficient (Wildman–Crippen LogP) is 2.20. The number of hydrogen-bond acceptors (Lipinski definition) is 4. The molecule has 0 spiro atoms. The standard InChI is InChI=1S/C13H15N3O2/c1-10(15-17)12-5-3-4-6-13(12)18-9-11-7-14-16(2)8-11/h3-8,17H,9H2,1-2H3. The molecule has 0 saturated carbocycles. The first-order valence-electron chi connectivity index (χ1n) is 5.59. The second kappa shape index (κ2) is 5.35. The van der Waals surface area contributed by atoms with Crippen LogP contribution in [0.15, 0.2) is 41.8 Å². The first-order chi connectivity index (χ1) is 8.70. The summed E-state index contributed by atoms with van der Waals surface area (Å²) in [5.74, 6) is 0.691. The highest BCUT2D eigenvalue weighted by atomic mass is 16.5. The van der Waals surface area contributed by atoms with Crippen LogP contribution in [0.2, 0.25) is 0 Å². The summed E-state index contributed by atoms with van der Waals surface area (Å²) in [5, 5.41) is 16.1. The average Bonchev–Trinajstić information content (AvgIpc) is 2.81. The minimum absolute atomic E-state index is 0.434. The van der Waals surface area contributed by atoms with Crippen molar-refractivity contribution >= 4 is 5.71 Å². The highest BCUT2D eigenvalue weighted by Crippen LogP contribution is 2.20. The van der Waals surface area contributed by atoms with Gasteiger partial charge in [0, 0.05) is 24.4 Å². The first kappa shape index (κ1) is 12.2. The van der Waals surface area contributed by atoms with Gasteiger partial charge in [0.2, 0.25) is 0 Å². The number of oxime groups is 1. The molecule has 0 unspecified atom stereocenters. The highest BCUT2D eigenvalue weighted by Gasteiger charge is 2.07. The molecular formula is C13H15N3O2. The number of aryl methyl sites for hydroxylation is 1. The third-order valence-electron chi connectivity index (χ3n) is 2.58. The first-order valence-corrected chi connectivity index (χ1v) is 5.59. The van der Waals surface area contributed by atoms with Crippen LogP contribution < -0.4 is 4.74 Å². The SMILES string of the molecule is CC(=NO)c1ccccc1OCc1cnn(C)c1. The molecule has 5 heteroatoms. The largest absolute Gasteiger partial charge is 0.488 e. The Morgan fingerprint density at radius 2 is 2.22 bits per heavy atom. The van der Waals surface area contributed by atoms with Crippen molar-refractivity contribution in [3.8, 4) is 5.75 Å². The van der Waals surface area contributed by atoms with Gasteiger partial charge >= 0.3 is 0 Å². The number of para-hydroxylation sites is 1. The molecule has 0 saturated heterocycles. The van der Waals surface area contributed by atoms with E-state index in [0.29, 0.717) is 18.1 Å². The molecule has 0 radical (unpaired) electrons. The summed E-state index contributed by atoms with van der Waals surface area (Å²) in [7, 11) is 1.86. The van der Waals surface area contributed by atoms with Crippen molar-refractivity contribution in [1.82, 2.24) is 9.78 Å². The second-order valence-electron chi connectivity index (χ2n) is 3.99. The third-order valence-corrected chi connectivity index (χ3v) is 2.58. The highest BCUT2D eigenvalue weighted by molar-refractivity contribution is 6.00. The molecule has 0 amide bonds. The molecule has 5 nitrogen and oxygen atoms in total. The molecular weight excluding hydrogens is 230 g/mol. The van der Waals surface area contributed by atoms with Crippen LogP contribution in [0.5, 0.6) is 5.75 Å². The van der Waals surface area contributed by atoms with Crippen LogP contribution >= 0.6 is 0 Å². The summed E-state index contributed by atoms with van der Waals surface area (Å²) in [6.45, 7) is 2.16. The lowest BCUT2D eigenvalue weighted by molar-refractivity contribution is 0.303. The Morgan fingerprint density at radius 1 is 1.44 bits per heavy atom. The topological polar surface area (TPSA) is 59.6 Å². The molecule has 0 aliphatic carbocycles. The molecule has 1 N–H and O–H groups in total. The Balaban J connectivity index is 2.14. The maximum Gasteiger partial charge on any atom is 0.128 e. The molecule has 0 bridgehead atoms. The Morgan fingerprint density at radius 3 is 2.89 bits per heavy atom. The molecule has 0 atom stereocenters. The molecule has 1 aromatic heterocycles. The normalized spacial score (nSPS) is 11.6. The molecule has 2 aromatic rings. The van der Waals surface area contributed by atoms with E-state index in [1.54, 1.807) is 17.8 Å². The molecule has 1 heterocycles. The van der Waals surface area contributed by atoms with E-state index >= 15 is 0 Å². The van der Waals surface area contributed by atoms with E-state index < -0.39 is 0 Å². The number of benzene rings is 1. The summed E-state index contributed by atoms with van der Waals surface area (Å²) >= 11 is 0. The van der Waals surface area contributed by atoms with Gasteiger partial charge in [-0.25, -0.2) is 0 Å².